The van der Waals surface area contributed by atoms with Crippen LogP contribution in [0.5, 0.6) is 0 Å². The van der Waals surface area contributed by atoms with Crippen LogP contribution in [0.2, 0.25) is 0 Å². The van der Waals surface area contributed by atoms with Crippen molar-refractivity contribution in [2.75, 3.05) is 12.4 Å². The summed E-state index contributed by atoms with van der Waals surface area (Å²) in [6.07, 6.45) is -3.88. The van der Waals surface area contributed by atoms with Gasteiger partial charge in [-0.1, -0.05) is 11.8 Å². The summed E-state index contributed by atoms with van der Waals surface area (Å²) in [4.78, 5) is 18.3. The second-order valence-corrected chi connectivity index (χ2v) is 5.81. The molecule has 1 unspecified atom stereocenters. The number of nitrogens with two attached hydrogens (primary N) is 1. The van der Waals surface area contributed by atoms with Crippen molar-refractivity contribution in [3.63, 3.8) is 0 Å². The zero-order valence-corrected chi connectivity index (χ0v) is 13.2. The van der Waals surface area contributed by atoms with E-state index >= 15 is 0 Å². The highest BCUT2D eigenvalue weighted by molar-refractivity contribution is 5.76. The summed E-state index contributed by atoms with van der Waals surface area (Å²) in [6, 6.07) is 1.43. The fourth-order valence-corrected chi connectivity index (χ4v) is 2.94. The molecule has 5 atom stereocenters. The molecule has 2 aromatic heterocycles. The number of aromatic nitrogens is 3. The molecule has 134 valence electrons. The van der Waals surface area contributed by atoms with Gasteiger partial charge in [-0.15, -0.1) is 0 Å². The number of anilines is 1. The molecule has 0 aromatic carbocycles. The SMILES string of the molecule is C[C@H](O)[C@H]1O[C@@H](n2ccc3c(=O)[nH]c(N)nc32)C(O)(C#CCF)[C@H]1O. The van der Waals surface area contributed by atoms with E-state index in [1.807, 2.05) is 0 Å². The van der Waals surface area contributed by atoms with E-state index < -0.39 is 42.4 Å². The maximum absolute atomic E-state index is 12.5. The molecule has 10 heteroatoms. The minimum Gasteiger partial charge on any atom is -0.391 e. The van der Waals surface area contributed by atoms with Crippen molar-refractivity contribution >= 4 is 17.0 Å². The second kappa shape index (κ2) is 6.12. The first kappa shape index (κ1) is 17.4. The lowest BCUT2D eigenvalue weighted by Crippen LogP contribution is -2.47. The third kappa shape index (κ3) is 2.67. The van der Waals surface area contributed by atoms with Crippen LogP contribution in [-0.4, -0.2) is 60.4 Å². The Balaban J connectivity index is 2.18. The summed E-state index contributed by atoms with van der Waals surface area (Å²) in [5.41, 5.74) is 2.92. The average molecular weight is 352 g/mol. The lowest BCUT2D eigenvalue weighted by Gasteiger charge is -2.26. The van der Waals surface area contributed by atoms with Crippen molar-refractivity contribution in [3.8, 4) is 11.8 Å². The van der Waals surface area contributed by atoms with Gasteiger partial charge in [0.1, 0.15) is 18.9 Å². The number of hydrogen-bond acceptors (Lipinski definition) is 7. The first-order chi connectivity index (χ1) is 11.8. The number of rotatable bonds is 2. The van der Waals surface area contributed by atoms with Crippen LogP contribution in [0.15, 0.2) is 17.1 Å². The number of alkyl halides is 1. The standard InChI is InChI=1S/C15H17FN4O5/c1-7(21)9-10(22)15(24,4-2-5-16)13(25-9)20-6-3-8-11(20)18-14(17)19-12(8)23/h3,6-7,9-10,13,21-22,24H,5H2,1H3,(H3,17,18,19,23)/t7-,9+,10-,13+,15?/m0/s1. The van der Waals surface area contributed by atoms with Crippen molar-refractivity contribution in [3.05, 3.63) is 22.6 Å². The Hall–Kier alpha value is -2.45. The Morgan fingerprint density at radius 3 is 3.00 bits per heavy atom. The van der Waals surface area contributed by atoms with Gasteiger partial charge < -0.3 is 30.4 Å². The summed E-state index contributed by atoms with van der Waals surface area (Å²) < 4.78 is 19.3. The molecule has 1 aliphatic rings. The molecule has 0 amide bonds. The van der Waals surface area contributed by atoms with Crippen LogP contribution in [0.4, 0.5) is 10.3 Å². The Morgan fingerprint density at radius 1 is 1.64 bits per heavy atom. The number of nitrogen functional groups attached to an aromatic ring is 1. The number of aliphatic hydroxyl groups excluding tert-OH is 2. The molecule has 25 heavy (non-hydrogen) atoms. The highest BCUT2D eigenvalue weighted by Gasteiger charge is 2.57. The Bertz CT molecular complexity index is 914. The van der Waals surface area contributed by atoms with Gasteiger partial charge in [-0.05, 0) is 13.0 Å². The fourth-order valence-electron chi connectivity index (χ4n) is 2.94. The first-order valence-corrected chi connectivity index (χ1v) is 7.46. The third-order valence-electron chi connectivity index (χ3n) is 4.11. The largest absolute Gasteiger partial charge is 0.391 e. The summed E-state index contributed by atoms with van der Waals surface area (Å²) in [7, 11) is 0. The van der Waals surface area contributed by atoms with Crippen molar-refractivity contribution in [1.82, 2.24) is 14.5 Å². The second-order valence-electron chi connectivity index (χ2n) is 5.81. The normalized spacial score (nSPS) is 30.2. The zero-order valence-electron chi connectivity index (χ0n) is 13.2. The minimum absolute atomic E-state index is 0.0881. The highest BCUT2D eigenvalue weighted by Crippen LogP contribution is 2.40. The maximum atomic E-state index is 12.5. The van der Waals surface area contributed by atoms with E-state index in [0.29, 0.717) is 0 Å². The van der Waals surface area contributed by atoms with Crippen LogP contribution in [0, 0.1) is 11.8 Å². The average Bonchev–Trinajstić information content (AvgIpc) is 3.06. The topological polar surface area (TPSA) is 147 Å². The molecule has 3 rings (SSSR count). The van der Waals surface area contributed by atoms with E-state index in [9.17, 15) is 24.5 Å². The number of nitrogens with one attached hydrogen (secondary N) is 1. The van der Waals surface area contributed by atoms with Crippen molar-refractivity contribution in [1.29, 1.82) is 0 Å². The van der Waals surface area contributed by atoms with Gasteiger partial charge in [0.05, 0.1) is 11.5 Å². The molecule has 0 spiro atoms. The van der Waals surface area contributed by atoms with E-state index in [-0.39, 0.29) is 17.0 Å². The fraction of sp³-hybridized carbons (Fsp3) is 0.467. The van der Waals surface area contributed by atoms with E-state index in [0.717, 1.165) is 0 Å². The lowest BCUT2D eigenvalue weighted by molar-refractivity contribution is -0.0845. The molecule has 9 nitrogen and oxygen atoms in total. The van der Waals surface area contributed by atoms with Gasteiger partial charge in [0.25, 0.3) is 5.56 Å². The van der Waals surface area contributed by atoms with Crippen molar-refractivity contribution in [2.24, 2.45) is 0 Å². The summed E-state index contributed by atoms with van der Waals surface area (Å²) in [5, 5.41) is 31.2. The molecule has 0 saturated carbocycles. The number of halogens is 1. The van der Waals surface area contributed by atoms with Crippen molar-refractivity contribution in [2.45, 2.75) is 37.1 Å². The molecular formula is C15H17FN4O5. The van der Waals surface area contributed by atoms with Gasteiger partial charge in [-0.2, -0.15) is 4.98 Å². The maximum Gasteiger partial charge on any atom is 0.261 e. The minimum atomic E-state index is -2.22. The van der Waals surface area contributed by atoms with E-state index in [2.05, 4.69) is 21.8 Å². The van der Waals surface area contributed by atoms with Crippen LogP contribution >= 0.6 is 0 Å². The summed E-state index contributed by atoms with van der Waals surface area (Å²) in [6.45, 7) is 0.326. The first-order valence-electron chi connectivity index (χ1n) is 7.46. The van der Waals surface area contributed by atoms with Crippen LogP contribution in [0.3, 0.4) is 0 Å². The molecule has 2 aromatic rings. The molecule has 6 N–H and O–H groups in total. The number of H-pyrrole nitrogens is 1. The molecule has 1 aliphatic heterocycles. The van der Waals surface area contributed by atoms with E-state index in [1.54, 1.807) is 0 Å². The van der Waals surface area contributed by atoms with Crippen LogP contribution in [-0.2, 0) is 4.74 Å². The molecular weight excluding hydrogens is 335 g/mol. The predicted molar refractivity (Wildman–Crippen MR) is 85.1 cm³/mol. The summed E-state index contributed by atoms with van der Waals surface area (Å²) in [5.74, 6) is 4.17. The molecule has 3 heterocycles. The van der Waals surface area contributed by atoms with Crippen LogP contribution in [0.25, 0.3) is 11.0 Å². The van der Waals surface area contributed by atoms with Crippen LogP contribution < -0.4 is 11.3 Å². The smallest absolute Gasteiger partial charge is 0.261 e. The van der Waals surface area contributed by atoms with Gasteiger partial charge in [0.15, 0.2) is 17.5 Å². The summed E-state index contributed by atoms with van der Waals surface area (Å²) >= 11 is 0. The monoisotopic (exact) mass is 352 g/mol. The van der Waals surface area contributed by atoms with Gasteiger partial charge >= 0.3 is 0 Å². The highest BCUT2D eigenvalue weighted by atomic mass is 19.1. The third-order valence-corrected chi connectivity index (χ3v) is 4.11. The van der Waals surface area contributed by atoms with Gasteiger partial charge in [-0.25, -0.2) is 4.39 Å². The van der Waals surface area contributed by atoms with Gasteiger partial charge in [-0.3, -0.25) is 9.78 Å². The van der Waals surface area contributed by atoms with Crippen LogP contribution in [0.1, 0.15) is 13.2 Å². The molecule has 1 fully saturated rings. The van der Waals surface area contributed by atoms with E-state index in [1.165, 1.54) is 23.8 Å². The Labute approximate surface area is 140 Å². The molecule has 0 bridgehead atoms. The number of ether oxygens (including phenoxy) is 1. The molecule has 1 saturated heterocycles. The quantitative estimate of drug-likeness (QED) is 0.420. The number of aliphatic hydroxyl groups is 3. The number of fused-ring (bicyclic) bond motifs is 1. The lowest BCUT2D eigenvalue weighted by atomic mass is 9.92. The Kier molecular flexibility index (Phi) is 4.26. The van der Waals surface area contributed by atoms with Gasteiger partial charge in [0, 0.05) is 6.20 Å². The zero-order chi connectivity index (χ0) is 18.4. The number of nitrogens with zero attached hydrogens (tertiary/aromatic N) is 2. The van der Waals surface area contributed by atoms with E-state index in [4.69, 9.17) is 10.5 Å². The van der Waals surface area contributed by atoms with Crippen molar-refractivity contribution < 1.29 is 24.4 Å². The Morgan fingerprint density at radius 2 is 2.36 bits per heavy atom. The molecule has 0 radical (unpaired) electrons. The predicted octanol–water partition coefficient (Wildman–Crippen LogP) is -1.35. The number of hydrogen-bond donors (Lipinski definition) is 5. The number of aromatic amines is 1. The molecule has 0 aliphatic carbocycles. The van der Waals surface area contributed by atoms with Gasteiger partial charge in [0.2, 0.25) is 5.95 Å².